The Morgan fingerprint density at radius 3 is 2.67 bits per heavy atom. The molecule has 1 heteroatoms. The molecule has 0 spiro atoms. The highest BCUT2D eigenvalue weighted by Gasteiger charge is 2.28. The van der Waals surface area contributed by atoms with E-state index in [2.05, 4.69) is 41.0 Å². The molecule has 2 heterocycles. The zero-order valence-electron chi connectivity index (χ0n) is 10.7. The van der Waals surface area contributed by atoms with Gasteiger partial charge >= 0.3 is 0 Å². The van der Waals surface area contributed by atoms with Crippen LogP contribution in [0, 0.1) is 0 Å². The van der Waals surface area contributed by atoms with Crippen LogP contribution < -0.4 is 4.57 Å². The van der Waals surface area contributed by atoms with Crippen LogP contribution in [0.2, 0.25) is 0 Å². The Labute approximate surface area is 108 Å². The van der Waals surface area contributed by atoms with Crippen LogP contribution in [0.15, 0.2) is 36.4 Å². The zero-order chi connectivity index (χ0) is 11.9. The predicted octanol–water partition coefficient (Wildman–Crippen LogP) is 3.08. The largest absolute Gasteiger partial charge is 0.212 e. The van der Waals surface area contributed by atoms with E-state index in [-0.39, 0.29) is 0 Å². The molecule has 4 rings (SSSR count). The van der Waals surface area contributed by atoms with E-state index in [9.17, 15) is 0 Å². The number of aryl methyl sites for hydroxylation is 2. The number of fused-ring (bicyclic) bond motifs is 5. The Balaban J connectivity index is 1.96. The van der Waals surface area contributed by atoms with Crippen LogP contribution in [0.5, 0.6) is 0 Å². The summed E-state index contributed by atoms with van der Waals surface area (Å²) in [5.74, 6) is 0. The maximum Gasteiger partial charge on any atom is 0.212 e. The van der Waals surface area contributed by atoms with Crippen LogP contribution >= 0.6 is 0 Å². The fourth-order valence-corrected chi connectivity index (χ4v) is 3.53. The topological polar surface area (TPSA) is 3.88 Å². The minimum absolute atomic E-state index is 1.16. The van der Waals surface area contributed by atoms with Crippen LogP contribution in [0.1, 0.15) is 29.7 Å². The molecule has 0 radical (unpaired) electrons. The highest BCUT2D eigenvalue weighted by atomic mass is 15.0. The Bertz CT molecular complexity index is 613. The van der Waals surface area contributed by atoms with Gasteiger partial charge in [-0.3, -0.25) is 0 Å². The summed E-state index contributed by atoms with van der Waals surface area (Å²) in [5, 5.41) is 0. The van der Waals surface area contributed by atoms with E-state index in [4.69, 9.17) is 0 Å². The first-order valence-electron chi connectivity index (χ1n) is 7.06. The quantitative estimate of drug-likeness (QED) is 0.619. The number of hydrogen-bond donors (Lipinski definition) is 0. The molecule has 0 fully saturated rings. The molecule has 1 aliphatic carbocycles. The van der Waals surface area contributed by atoms with Crippen molar-refractivity contribution in [1.82, 2.24) is 0 Å². The summed E-state index contributed by atoms with van der Waals surface area (Å²) in [6, 6.07) is 13.6. The number of pyridine rings is 1. The molecule has 1 aromatic heterocycles. The van der Waals surface area contributed by atoms with E-state index in [0.29, 0.717) is 0 Å². The van der Waals surface area contributed by atoms with Crippen molar-refractivity contribution in [2.24, 2.45) is 0 Å². The van der Waals surface area contributed by atoms with Crippen molar-refractivity contribution in [1.29, 1.82) is 0 Å². The number of rotatable bonds is 0. The molecule has 90 valence electrons. The van der Waals surface area contributed by atoms with Gasteiger partial charge in [-0.1, -0.05) is 18.2 Å². The highest BCUT2D eigenvalue weighted by Crippen LogP contribution is 2.28. The molecule has 0 atom stereocenters. The van der Waals surface area contributed by atoms with Gasteiger partial charge in [0.15, 0.2) is 12.2 Å². The lowest BCUT2D eigenvalue weighted by atomic mass is 9.91. The number of benzene rings is 1. The minimum Gasteiger partial charge on any atom is -0.195 e. The van der Waals surface area contributed by atoms with E-state index in [0.717, 1.165) is 6.54 Å². The highest BCUT2D eigenvalue weighted by molar-refractivity contribution is 5.62. The molecular formula is C17H18N+. The van der Waals surface area contributed by atoms with Gasteiger partial charge in [0.1, 0.15) is 0 Å². The standard InChI is InChI=1S/C17H18N/c1-3-7-15-13(5-1)11-12-18-16-8-4-2-6-14(16)9-10-17(15)18/h1,3,5,7,9-10H,2,4,6,8,11-12H2/q+1. The Kier molecular flexibility index (Phi) is 2.26. The van der Waals surface area contributed by atoms with E-state index < -0.39 is 0 Å². The number of hydrogen-bond acceptors (Lipinski definition) is 0. The second-order valence-corrected chi connectivity index (χ2v) is 5.46. The average Bonchev–Trinajstić information content (AvgIpc) is 2.46. The van der Waals surface area contributed by atoms with Crippen LogP contribution in [0.25, 0.3) is 11.3 Å². The second-order valence-electron chi connectivity index (χ2n) is 5.46. The Hall–Kier alpha value is -1.63. The van der Waals surface area contributed by atoms with Gasteiger partial charge in [0, 0.05) is 30.0 Å². The maximum atomic E-state index is 2.58. The first-order valence-corrected chi connectivity index (χ1v) is 7.06. The molecule has 1 aromatic carbocycles. The second kappa shape index (κ2) is 3.94. The Morgan fingerprint density at radius 1 is 0.778 bits per heavy atom. The molecule has 0 N–H and O–H groups in total. The summed E-state index contributed by atoms with van der Waals surface area (Å²) in [5.41, 5.74) is 7.57. The number of nitrogens with zero attached hydrogens (tertiary/aromatic N) is 1. The molecule has 0 unspecified atom stereocenters. The van der Waals surface area contributed by atoms with Crippen LogP contribution in [0.4, 0.5) is 0 Å². The first-order chi connectivity index (χ1) is 8.93. The molecule has 1 nitrogen and oxygen atoms in total. The van der Waals surface area contributed by atoms with E-state index >= 15 is 0 Å². The minimum atomic E-state index is 1.16. The summed E-state index contributed by atoms with van der Waals surface area (Å²) < 4.78 is 2.58. The summed E-state index contributed by atoms with van der Waals surface area (Å²) in [6.07, 6.45) is 6.45. The Morgan fingerprint density at radius 2 is 1.67 bits per heavy atom. The van der Waals surface area contributed by atoms with Gasteiger partial charge in [-0.25, -0.2) is 0 Å². The van der Waals surface area contributed by atoms with Crippen molar-refractivity contribution in [3.05, 3.63) is 53.2 Å². The zero-order valence-corrected chi connectivity index (χ0v) is 10.7. The lowest BCUT2D eigenvalue weighted by molar-refractivity contribution is -0.695. The normalized spacial score (nSPS) is 16.7. The third-order valence-electron chi connectivity index (χ3n) is 4.44. The molecular weight excluding hydrogens is 218 g/mol. The summed E-state index contributed by atoms with van der Waals surface area (Å²) in [4.78, 5) is 0. The molecule has 0 amide bonds. The molecule has 1 aliphatic heterocycles. The van der Waals surface area contributed by atoms with E-state index in [1.54, 1.807) is 11.3 Å². The SMILES string of the molecule is c1ccc2c(c1)CC[n+]1c-2ccc2c1CCCC2. The predicted molar refractivity (Wildman–Crippen MR) is 72.4 cm³/mol. The molecule has 0 saturated carbocycles. The van der Waals surface area contributed by atoms with Crippen molar-refractivity contribution in [2.45, 2.75) is 38.6 Å². The molecule has 18 heavy (non-hydrogen) atoms. The molecule has 2 aliphatic rings. The fourth-order valence-electron chi connectivity index (χ4n) is 3.53. The first kappa shape index (κ1) is 10.3. The van der Waals surface area contributed by atoms with Crippen molar-refractivity contribution in [3.63, 3.8) is 0 Å². The van der Waals surface area contributed by atoms with Crippen molar-refractivity contribution >= 4 is 0 Å². The van der Waals surface area contributed by atoms with Gasteiger partial charge in [0.2, 0.25) is 5.69 Å². The molecule has 0 bridgehead atoms. The lowest BCUT2D eigenvalue weighted by Gasteiger charge is -2.20. The van der Waals surface area contributed by atoms with Crippen LogP contribution in [-0.2, 0) is 25.8 Å². The lowest BCUT2D eigenvalue weighted by Crippen LogP contribution is -2.45. The third kappa shape index (κ3) is 1.43. The monoisotopic (exact) mass is 236 g/mol. The van der Waals surface area contributed by atoms with Gasteiger partial charge in [-0.15, -0.1) is 0 Å². The third-order valence-corrected chi connectivity index (χ3v) is 4.44. The van der Waals surface area contributed by atoms with Gasteiger partial charge in [-0.05, 0) is 37.0 Å². The summed E-state index contributed by atoms with van der Waals surface area (Å²) in [6.45, 7) is 1.16. The van der Waals surface area contributed by atoms with Gasteiger partial charge in [0.05, 0.1) is 0 Å². The van der Waals surface area contributed by atoms with Gasteiger partial charge in [0.25, 0.3) is 0 Å². The maximum absolute atomic E-state index is 2.58. The molecule has 0 saturated heterocycles. The van der Waals surface area contributed by atoms with Crippen molar-refractivity contribution < 1.29 is 4.57 Å². The fraction of sp³-hybridized carbons (Fsp3) is 0.353. The van der Waals surface area contributed by atoms with Crippen LogP contribution in [-0.4, -0.2) is 0 Å². The molecule has 2 aromatic rings. The van der Waals surface area contributed by atoms with Crippen molar-refractivity contribution in [3.8, 4) is 11.3 Å². The smallest absolute Gasteiger partial charge is 0.195 e. The van der Waals surface area contributed by atoms with E-state index in [1.807, 2.05) is 0 Å². The van der Waals surface area contributed by atoms with Gasteiger partial charge in [-0.2, -0.15) is 4.57 Å². The van der Waals surface area contributed by atoms with Gasteiger partial charge < -0.3 is 0 Å². The van der Waals surface area contributed by atoms with Crippen molar-refractivity contribution in [2.75, 3.05) is 0 Å². The average molecular weight is 236 g/mol. The number of aromatic nitrogens is 1. The summed E-state index contributed by atoms with van der Waals surface area (Å²) in [7, 11) is 0. The van der Waals surface area contributed by atoms with Crippen LogP contribution in [0.3, 0.4) is 0 Å². The summed E-state index contributed by atoms with van der Waals surface area (Å²) >= 11 is 0. The van der Waals surface area contributed by atoms with E-state index in [1.165, 1.54) is 48.9 Å².